The van der Waals surface area contributed by atoms with Gasteiger partial charge in [0.05, 0.1) is 12.3 Å². The van der Waals surface area contributed by atoms with Crippen LogP contribution in [0.5, 0.6) is 0 Å². The Balaban J connectivity index is 1.52. The van der Waals surface area contributed by atoms with Crippen molar-refractivity contribution in [2.45, 2.75) is 25.5 Å². The summed E-state index contributed by atoms with van der Waals surface area (Å²) in [6.45, 7) is 4.17. The van der Waals surface area contributed by atoms with E-state index in [-0.39, 0.29) is 24.1 Å². The summed E-state index contributed by atoms with van der Waals surface area (Å²) in [4.78, 5) is 24.4. The molecule has 3 rings (SSSR count). The maximum absolute atomic E-state index is 12.3. The molecule has 0 saturated carbocycles. The van der Waals surface area contributed by atoms with Crippen molar-refractivity contribution in [3.63, 3.8) is 0 Å². The predicted molar refractivity (Wildman–Crippen MR) is 114 cm³/mol. The molecule has 0 fully saturated rings. The highest BCUT2D eigenvalue weighted by Crippen LogP contribution is 2.17. The zero-order valence-electron chi connectivity index (χ0n) is 16.6. The van der Waals surface area contributed by atoms with E-state index in [0.29, 0.717) is 16.5 Å². The smallest absolute Gasteiger partial charge is 0.251 e. The summed E-state index contributed by atoms with van der Waals surface area (Å²) in [6.07, 6.45) is 0. The van der Waals surface area contributed by atoms with Gasteiger partial charge in [0, 0.05) is 18.3 Å². The van der Waals surface area contributed by atoms with Gasteiger partial charge in [-0.1, -0.05) is 41.6 Å². The zero-order valence-corrected chi connectivity index (χ0v) is 17.4. The Kier molecular flexibility index (Phi) is 6.66. The summed E-state index contributed by atoms with van der Waals surface area (Å²) in [6, 6.07) is 15.0. The summed E-state index contributed by atoms with van der Waals surface area (Å²) >= 11 is 1.30. The van der Waals surface area contributed by atoms with E-state index in [1.807, 2.05) is 63.4 Å². The van der Waals surface area contributed by atoms with Gasteiger partial charge in [-0.2, -0.15) is 0 Å². The number of aryl methyl sites for hydroxylation is 2. The van der Waals surface area contributed by atoms with Crippen LogP contribution >= 0.6 is 11.8 Å². The summed E-state index contributed by atoms with van der Waals surface area (Å²) in [5.41, 5.74) is 3.49. The Bertz CT molecular complexity index is 1030. The zero-order chi connectivity index (χ0) is 20.8. The topological polar surface area (TPSA) is 88.9 Å². The monoisotopic (exact) mass is 409 g/mol. The van der Waals surface area contributed by atoms with Gasteiger partial charge in [0.15, 0.2) is 11.0 Å². The lowest BCUT2D eigenvalue weighted by Gasteiger charge is -2.07. The van der Waals surface area contributed by atoms with Gasteiger partial charge in [0.25, 0.3) is 5.91 Å². The van der Waals surface area contributed by atoms with Crippen LogP contribution < -0.4 is 10.6 Å². The number of benzene rings is 2. The molecular formula is C21H23N5O2S. The van der Waals surface area contributed by atoms with Crippen LogP contribution in [0.3, 0.4) is 0 Å². The van der Waals surface area contributed by atoms with Gasteiger partial charge in [0.2, 0.25) is 5.91 Å². The van der Waals surface area contributed by atoms with E-state index in [1.54, 1.807) is 10.6 Å². The van der Waals surface area contributed by atoms with Crippen molar-refractivity contribution in [1.82, 2.24) is 20.1 Å². The van der Waals surface area contributed by atoms with E-state index in [1.165, 1.54) is 11.8 Å². The molecule has 1 aromatic heterocycles. The second-order valence-corrected chi connectivity index (χ2v) is 7.66. The summed E-state index contributed by atoms with van der Waals surface area (Å²) in [5, 5.41) is 14.6. The average molecular weight is 410 g/mol. The number of hydrogen-bond acceptors (Lipinski definition) is 5. The van der Waals surface area contributed by atoms with E-state index in [0.717, 1.165) is 16.8 Å². The molecule has 0 aliphatic heterocycles. The Labute approximate surface area is 173 Å². The number of carbonyl (C=O) groups is 2. The number of hydrogen-bond donors (Lipinski definition) is 2. The van der Waals surface area contributed by atoms with Crippen molar-refractivity contribution in [2.24, 2.45) is 7.05 Å². The molecule has 0 spiro atoms. The Morgan fingerprint density at radius 3 is 2.48 bits per heavy atom. The van der Waals surface area contributed by atoms with Gasteiger partial charge in [-0.25, -0.2) is 0 Å². The minimum Gasteiger partial charge on any atom is -0.345 e. The van der Waals surface area contributed by atoms with E-state index in [9.17, 15) is 9.59 Å². The highest BCUT2D eigenvalue weighted by atomic mass is 32.2. The first-order valence-corrected chi connectivity index (χ1v) is 10.1. The number of nitrogens with one attached hydrogen (secondary N) is 2. The van der Waals surface area contributed by atoms with Crippen LogP contribution in [0.2, 0.25) is 0 Å². The van der Waals surface area contributed by atoms with Gasteiger partial charge in [0.1, 0.15) is 0 Å². The van der Waals surface area contributed by atoms with Crippen LogP contribution in [0.1, 0.15) is 27.3 Å². The third kappa shape index (κ3) is 5.68. The molecule has 0 saturated heterocycles. The first-order chi connectivity index (χ1) is 13.9. The Hall–Kier alpha value is -3.13. The SMILES string of the molecule is Cc1cccc(NC(=O)CSc2nnc(CNC(=O)c3cccc(C)c3)n2C)c1. The molecule has 2 aromatic carbocycles. The standard InChI is InChI=1S/C21H23N5O2S/c1-14-6-4-8-16(10-14)20(28)22-12-18-24-25-21(26(18)3)29-13-19(27)23-17-9-5-7-15(2)11-17/h4-11H,12-13H2,1-3H3,(H,22,28)(H,23,27). The molecule has 8 heteroatoms. The number of thioether (sulfide) groups is 1. The van der Waals surface area contributed by atoms with Gasteiger partial charge >= 0.3 is 0 Å². The summed E-state index contributed by atoms with van der Waals surface area (Å²) in [5.74, 6) is 0.559. The van der Waals surface area contributed by atoms with Gasteiger partial charge in [-0.05, 0) is 43.7 Å². The van der Waals surface area contributed by atoms with Crippen molar-refractivity contribution in [3.8, 4) is 0 Å². The Morgan fingerprint density at radius 2 is 1.76 bits per heavy atom. The van der Waals surface area contributed by atoms with Gasteiger partial charge in [-0.15, -0.1) is 10.2 Å². The van der Waals surface area contributed by atoms with E-state index in [2.05, 4.69) is 20.8 Å². The van der Waals surface area contributed by atoms with Crippen LogP contribution in [-0.4, -0.2) is 32.3 Å². The number of rotatable bonds is 7. The third-order valence-corrected chi connectivity index (χ3v) is 5.27. The quantitative estimate of drug-likeness (QED) is 0.586. The number of aromatic nitrogens is 3. The first kappa shape index (κ1) is 20.6. The number of carbonyl (C=O) groups excluding carboxylic acids is 2. The lowest BCUT2D eigenvalue weighted by molar-refractivity contribution is -0.113. The summed E-state index contributed by atoms with van der Waals surface area (Å²) < 4.78 is 1.78. The van der Waals surface area contributed by atoms with Crippen molar-refractivity contribution in [3.05, 3.63) is 71.0 Å². The van der Waals surface area contributed by atoms with Crippen LogP contribution in [0.25, 0.3) is 0 Å². The van der Waals surface area contributed by atoms with Crippen LogP contribution in [0, 0.1) is 13.8 Å². The van der Waals surface area contributed by atoms with Crippen LogP contribution in [-0.2, 0) is 18.4 Å². The van der Waals surface area contributed by atoms with Crippen LogP contribution in [0.4, 0.5) is 5.69 Å². The molecule has 29 heavy (non-hydrogen) atoms. The van der Waals surface area contributed by atoms with E-state index < -0.39 is 0 Å². The maximum atomic E-state index is 12.3. The Morgan fingerprint density at radius 1 is 1.03 bits per heavy atom. The minimum atomic E-state index is -0.163. The number of nitrogens with zero attached hydrogens (tertiary/aromatic N) is 3. The first-order valence-electron chi connectivity index (χ1n) is 9.15. The predicted octanol–water partition coefficient (Wildman–Crippen LogP) is 3.09. The molecule has 0 aliphatic rings. The molecule has 2 amide bonds. The molecule has 0 radical (unpaired) electrons. The molecule has 2 N–H and O–H groups in total. The molecule has 1 heterocycles. The van der Waals surface area contributed by atoms with E-state index >= 15 is 0 Å². The molecular weight excluding hydrogens is 386 g/mol. The molecule has 3 aromatic rings. The highest BCUT2D eigenvalue weighted by molar-refractivity contribution is 7.99. The largest absolute Gasteiger partial charge is 0.345 e. The minimum absolute atomic E-state index is 0.113. The van der Waals surface area contributed by atoms with E-state index in [4.69, 9.17) is 0 Å². The lowest BCUT2D eigenvalue weighted by Crippen LogP contribution is -2.24. The van der Waals surface area contributed by atoms with Crippen molar-refractivity contribution >= 4 is 29.3 Å². The number of amides is 2. The van der Waals surface area contributed by atoms with Crippen molar-refractivity contribution in [2.75, 3.05) is 11.1 Å². The second kappa shape index (κ2) is 9.38. The normalized spacial score (nSPS) is 10.6. The fourth-order valence-corrected chi connectivity index (χ4v) is 3.45. The fourth-order valence-electron chi connectivity index (χ4n) is 2.72. The third-order valence-electron chi connectivity index (χ3n) is 4.25. The molecule has 7 nitrogen and oxygen atoms in total. The van der Waals surface area contributed by atoms with Crippen LogP contribution in [0.15, 0.2) is 53.7 Å². The molecule has 0 aliphatic carbocycles. The van der Waals surface area contributed by atoms with Crippen molar-refractivity contribution in [1.29, 1.82) is 0 Å². The second-order valence-electron chi connectivity index (χ2n) is 6.72. The van der Waals surface area contributed by atoms with Crippen molar-refractivity contribution < 1.29 is 9.59 Å². The molecule has 0 bridgehead atoms. The fraction of sp³-hybridized carbons (Fsp3) is 0.238. The van der Waals surface area contributed by atoms with Gasteiger partial charge < -0.3 is 15.2 Å². The molecule has 0 unspecified atom stereocenters. The number of anilines is 1. The molecule has 150 valence electrons. The molecule has 0 atom stereocenters. The summed E-state index contributed by atoms with van der Waals surface area (Å²) in [7, 11) is 1.81. The highest BCUT2D eigenvalue weighted by Gasteiger charge is 2.13. The maximum Gasteiger partial charge on any atom is 0.251 e. The average Bonchev–Trinajstić information content (AvgIpc) is 3.04. The lowest BCUT2D eigenvalue weighted by atomic mass is 10.1. The van der Waals surface area contributed by atoms with Gasteiger partial charge in [-0.3, -0.25) is 9.59 Å².